The van der Waals surface area contributed by atoms with E-state index in [-0.39, 0.29) is 5.56 Å². The molecule has 2 aromatic heterocycles. The minimum Gasteiger partial charge on any atom is -0.493 e. The summed E-state index contributed by atoms with van der Waals surface area (Å²) in [5.74, 6) is 0.917. The van der Waals surface area contributed by atoms with Crippen LogP contribution in [0.15, 0.2) is 29.3 Å². The first-order valence-electron chi connectivity index (χ1n) is 8.12. The van der Waals surface area contributed by atoms with E-state index in [9.17, 15) is 4.79 Å². The number of rotatable bonds is 5. The average Bonchev–Trinajstić information content (AvgIpc) is 2.84. The fourth-order valence-corrected chi connectivity index (χ4v) is 3.70. The molecule has 0 aliphatic rings. The molecule has 0 fully saturated rings. The Morgan fingerprint density at radius 1 is 1.21 bits per heavy atom. The van der Waals surface area contributed by atoms with Crippen LogP contribution in [-0.4, -0.2) is 16.2 Å². The van der Waals surface area contributed by atoms with Gasteiger partial charge in [-0.15, -0.1) is 11.3 Å². The summed E-state index contributed by atoms with van der Waals surface area (Å²) < 4.78 is 7.55. The summed E-state index contributed by atoms with van der Waals surface area (Å²) in [6.45, 7) is 9.31. The third-order valence-corrected chi connectivity index (χ3v) is 5.42. The van der Waals surface area contributed by atoms with Crippen LogP contribution < -0.4 is 10.3 Å². The van der Waals surface area contributed by atoms with Crippen molar-refractivity contribution in [1.82, 2.24) is 9.55 Å². The summed E-state index contributed by atoms with van der Waals surface area (Å²) in [6.07, 6.45) is 2.42. The SMILES string of the molecule is Cc1ccc(C)c(OCCCn2cnc3sc(C)c(C)c3c2=O)c1. The van der Waals surface area contributed by atoms with Crippen molar-refractivity contribution in [2.75, 3.05) is 6.61 Å². The van der Waals surface area contributed by atoms with Crippen LogP contribution in [0.25, 0.3) is 10.2 Å². The highest BCUT2D eigenvalue weighted by molar-refractivity contribution is 7.18. The van der Waals surface area contributed by atoms with Gasteiger partial charge in [0.1, 0.15) is 10.6 Å². The van der Waals surface area contributed by atoms with Crippen molar-refractivity contribution in [2.45, 2.75) is 40.7 Å². The molecule has 24 heavy (non-hydrogen) atoms. The highest BCUT2D eigenvalue weighted by Gasteiger charge is 2.11. The largest absolute Gasteiger partial charge is 0.493 e. The van der Waals surface area contributed by atoms with Crippen LogP contribution in [0.3, 0.4) is 0 Å². The summed E-state index contributed by atoms with van der Waals surface area (Å²) in [6, 6.07) is 6.19. The number of thiophene rings is 1. The summed E-state index contributed by atoms with van der Waals surface area (Å²) >= 11 is 1.58. The molecule has 0 amide bonds. The molecule has 0 atom stereocenters. The number of aryl methyl sites for hydroxylation is 5. The molecular weight excluding hydrogens is 320 g/mol. The van der Waals surface area contributed by atoms with Gasteiger partial charge < -0.3 is 4.74 Å². The highest BCUT2D eigenvalue weighted by atomic mass is 32.1. The molecule has 0 aliphatic heterocycles. The molecule has 0 N–H and O–H groups in total. The second-order valence-corrected chi connectivity index (χ2v) is 7.38. The highest BCUT2D eigenvalue weighted by Crippen LogP contribution is 2.25. The van der Waals surface area contributed by atoms with Crippen LogP contribution in [0.4, 0.5) is 0 Å². The van der Waals surface area contributed by atoms with Crippen LogP contribution >= 0.6 is 11.3 Å². The zero-order valence-electron chi connectivity index (χ0n) is 14.5. The second-order valence-electron chi connectivity index (χ2n) is 6.18. The average molecular weight is 342 g/mol. The minimum absolute atomic E-state index is 0.0496. The Bertz CT molecular complexity index is 940. The molecular formula is C19H22N2O2S. The topological polar surface area (TPSA) is 44.1 Å². The zero-order valence-corrected chi connectivity index (χ0v) is 15.4. The molecule has 0 unspecified atom stereocenters. The van der Waals surface area contributed by atoms with Crippen LogP contribution in [-0.2, 0) is 6.54 Å². The van der Waals surface area contributed by atoms with Crippen LogP contribution in [0, 0.1) is 27.7 Å². The van der Waals surface area contributed by atoms with E-state index in [1.807, 2.05) is 26.8 Å². The lowest BCUT2D eigenvalue weighted by Crippen LogP contribution is -2.21. The van der Waals surface area contributed by atoms with Gasteiger partial charge in [-0.05, 0) is 56.9 Å². The Labute approximate surface area is 145 Å². The molecule has 126 valence electrons. The maximum Gasteiger partial charge on any atom is 0.262 e. The van der Waals surface area contributed by atoms with E-state index in [2.05, 4.69) is 24.0 Å². The fourth-order valence-electron chi connectivity index (χ4n) is 2.71. The minimum atomic E-state index is 0.0496. The lowest BCUT2D eigenvalue weighted by atomic mass is 10.1. The number of benzene rings is 1. The quantitative estimate of drug-likeness (QED) is 0.654. The van der Waals surface area contributed by atoms with E-state index in [1.165, 1.54) is 5.56 Å². The summed E-state index contributed by atoms with van der Waals surface area (Å²) in [7, 11) is 0. The predicted molar refractivity (Wildman–Crippen MR) is 99.4 cm³/mol. The molecule has 3 aromatic rings. The van der Waals surface area contributed by atoms with Crippen molar-refractivity contribution in [3.8, 4) is 5.75 Å². The number of hydrogen-bond acceptors (Lipinski definition) is 4. The van der Waals surface area contributed by atoms with Crippen molar-refractivity contribution < 1.29 is 4.74 Å². The number of aromatic nitrogens is 2. The summed E-state index contributed by atoms with van der Waals surface area (Å²) in [4.78, 5) is 19.0. The van der Waals surface area contributed by atoms with Gasteiger partial charge in [0.05, 0.1) is 18.3 Å². The normalized spacial score (nSPS) is 11.2. The molecule has 3 rings (SSSR count). The molecule has 0 saturated carbocycles. The van der Waals surface area contributed by atoms with Gasteiger partial charge in [0, 0.05) is 11.4 Å². The number of fused-ring (bicyclic) bond motifs is 1. The molecule has 0 bridgehead atoms. The molecule has 1 aromatic carbocycles. The number of nitrogens with zero attached hydrogens (tertiary/aromatic N) is 2. The zero-order chi connectivity index (χ0) is 17.3. The third kappa shape index (κ3) is 3.22. The molecule has 2 heterocycles. The van der Waals surface area contributed by atoms with Gasteiger partial charge in [-0.2, -0.15) is 0 Å². The first kappa shape index (κ1) is 16.7. The van der Waals surface area contributed by atoms with Crippen molar-refractivity contribution in [2.24, 2.45) is 0 Å². The maximum atomic E-state index is 12.6. The van der Waals surface area contributed by atoms with Crippen molar-refractivity contribution in [1.29, 1.82) is 0 Å². The smallest absolute Gasteiger partial charge is 0.262 e. The molecule has 4 nitrogen and oxygen atoms in total. The standard InChI is InChI=1S/C19H22N2O2S/c1-12-6-7-13(2)16(10-12)23-9-5-8-21-11-20-18-17(19(21)22)14(3)15(4)24-18/h6-7,10-11H,5,8-9H2,1-4H3. The lowest BCUT2D eigenvalue weighted by Gasteiger charge is -2.10. The molecule has 0 spiro atoms. The van der Waals surface area contributed by atoms with Crippen molar-refractivity contribution >= 4 is 21.6 Å². The van der Waals surface area contributed by atoms with Gasteiger partial charge in [0.2, 0.25) is 0 Å². The number of ether oxygens (including phenoxy) is 1. The van der Waals surface area contributed by atoms with E-state index < -0.39 is 0 Å². The summed E-state index contributed by atoms with van der Waals surface area (Å²) in [5, 5.41) is 0.760. The number of hydrogen-bond donors (Lipinski definition) is 0. The van der Waals surface area contributed by atoms with Gasteiger partial charge in [0.25, 0.3) is 5.56 Å². The van der Waals surface area contributed by atoms with Gasteiger partial charge in [-0.25, -0.2) is 4.98 Å². The van der Waals surface area contributed by atoms with E-state index in [0.29, 0.717) is 13.2 Å². The van der Waals surface area contributed by atoms with Gasteiger partial charge in [-0.3, -0.25) is 9.36 Å². The van der Waals surface area contributed by atoms with Crippen LogP contribution in [0.2, 0.25) is 0 Å². The first-order valence-corrected chi connectivity index (χ1v) is 8.94. The fraction of sp³-hybridized carbons (Fsp3) is 0.368. The van der Waals surface area contributed by atoms with Gasteiger partial charge in [-0.1, -0.05) is 12.1 Å². The van der Waals surface area contributed by atoms with E-state index in [1.54, 1.807) is 22.2 Å². The molecule has 0 aliphatic carbocycles. The van der Waals surface area contributed by atoms with Crippen LogP contribution in [0.1, 0.15) is 28.0 Å². The maximum absolute atomic E-state index is 12.6. The van der Waals surface area contributed by atoms with Crippen molar-refractivity contribution in [3.05, 3.63) is 56.4 Å². The van der Waals surface area contributed by atoms with E-state index >= 15 is 0 Å². The molecule has 0 radical (unpaired) electrons. The van der Waals surface area contributed by atoms with Crippen molar-refractivity contribution in [3.63, 3.8) is 0 Å². The third-order valence-electron chi connectivity index (χ3n) is 4.30. The predicted octanol–water partition coefficient (Wildman–Crippen LogP) is 4.16. The molecule has 5 heteroatoms. The van der Waals surface area contributed by atoms with E-state index in [4.69, 9.17) is 4.74 Å². The first-order chi connectivity index (χ1) is 11.5. The summed E-state index contributed by atoms with van der Waals surface area (Å²) in [5.41, 5.74) is 3.41. The Morgan fingerprint density at radius 2 is 2.00 bits per heavy atom. The van der Waals surface area contributed by atoms with Gasteiger partial charge in [0.15, 0.2) is 0 Å². The van der Waals surface area contributed by atoms with E-state index in [0.717, 1.165) is 38.4 Å². The van der Waals surface area contributed by atoms with Crippen LogP contribution in [0.5, 0.6) is 5.75 Å². The Kier molecular flexibility index (Phi) is 4.71. The lowest BCUT2D eigenvalue weighted by molar-refractivity contribution is 0.299. The Balaban J connectivity index is 1.68. The van der Waals surface area contributed by atoms with Gasteiger partial charge >= 0.3 is 0 Å². The monoisotopic (exact) mass is 342 g/mol. The Morgan fingerprint density at radius 3 is 2.79 bits per heavy atom. The molecule has 0 saturated heterocycles. The Hall–Kier alpha value is -2.14. The second kappa shape index (κ2) is 6.77.